The van der Waals surface area contributed by atoms with Crippen molar-refractivity contribution in [1.82, 2.24) is 9.55 Å². The van der Waals surface area contributed by atoms with Gasteiger partial charge in [-0.05, 0) is 42.0 Å². The van der Waals surface area contributed by atoms with E-state index >= 15 is 0 Å². The maximum atomic E-state index is 12.5. The lowest BCUT2D eigenvalue weighted by molar-refractivity contribution is 0.102. The second kappa shape index (κ2) is 8.08. The molecule has 140 valence electrons. The standard InChI is InChI=1S/C22H26N4O/c1-16(2)21-23-12-13-26(21)15-17-6-5-7-19(14-17)24-22(27)18-8-10-20(11-9-18)25(3)4/h5-14,16H,15H2,1-4H3,(H,24,27). The van der Waals surface area contributed by atoms with Gasteiger partial charge in [-0.1, -0.05) is 26.0 Å². The molecule has 0 radical (unpaired) electrons. The molecule has 5 nitrogen and oxygen atoms in total. The van der Waals surface area contributed by atoms with Gasteiger partial charge in [-0.15, -0.1) is 0 Å². The van der Waals surface area contributed by atoms with E-state index in [1.165, 1.54) is 0 Å². The van der Waals surface area contributed by atoms with Crippen LogP contribution in [0.25, 0.3) is 0 Å². The number of anilines is 2. The summed E-state index contributed by atoms with van der Waals surface area (Å²) in [4.78, 5) is 19.0. The van der Waals surface area contributed by atoms with Crippen molar-refractivity contribution >= 4 is 17.3 Å². The van der Waals surface area contributed by atoms with Crippen LogP contribution in [0.2, 0.25) is 0 Å². The first-order chi connectivity index (χ1) is 12.9. The number of carbonyl (C=O) groups is 1. The smallest absolute Gasteiger partial charge is 0.255 e. The number of aromatic nitrogens is 2. The molecule has 0 saturated carbocycles. The van der Waals surface area contributed by atoms with Crippen molar-refractivity contribution in [2.24, 2.45) is 0 Å². The van der Waals surface area contributed by atoms with Crippen LogP contribution in [0.5, 0.6) is 0 Å². The maximum Gasteiger partial charge on any atom is 0.255 e. The Hall–Kier alpha value is -3.08. The average molecular weight is 362 g/mol. The number of imidazole rings is 1. The van der Waals surface area contributed by atoms with Gasteiger partial charge >= 0.3 is 0 Å². The first-order valence-electron chi connectivity index (χ1n) is 9.12. The lowest BCUT2D eigenvalue weighted by atomic mass is 10.1. The Kier molecular flexibility index (Phi) is 5.60. The molecule has 0 atom stereocenters. The molecule has 0 spiro atoms. The zero-order chi connectivity index (χ0) is 19.4. The van der Waals surface area contributed by atoms with Gasteiger partial charge in [0.25, 0.3) is 5.91 Å². The molecule has 0 unspecified atom stereocenters. The van der Waals surface area contributed by atoms with Crippen LogP contribution in [-0.2, 0) is 6.54 Å². The van der Waals surface area contributed by atoms with E-state index in [4.69, 9.17) is 0 Å². The molecule has 3 rings (SSSR count). The summed E-state index contributed by atoms with van der Waals surface area (Å²) in [5, 5.41) is 2.99. The second-order valence-corrected chi connectivity index (χ2v) is 7.16. The number of rotatable bonds is 6. The summed E-state index contributed by atoms with van der Waals surface area (Å²) < 4.78 is 2.14. The van der Waals surface area contributed by atoms with Crippen LogP contribution < -0.4 is 10.2 Å². The van der Waals surface area contributed by atoms with E-state index in [1.807, 2.05) is 73.9 Å². The molecule has 1 amide bonds. The van der Waals surface area contributed by atoms with Gasteiger partial charge in [-0.2, -0.15) is 0 Å². The molecule has 0 aliphatic rings. The van der Waals surface area contributed by atoms with Crippen LogP contribution >= 0.6 is 0 Å². The van der Waals surface area contributed by atoms with Crippen molar-refractivity contribution in [2.45, 2.75) is 26.3 Å². The lowest BCUT2D eigenvalue weighted by Gasteiger charge is -2.13. The highest BCUT2D eigenvalue weighted by atomic mass is 16.1. The molecule has 5 heteroatoms. The summed E-state index contributed by atoms with van der Waals surface area (Å²) in [6.07, 6.45) is 3.82. The van der Waals surface area contributed by atoms with Crippen LogP contribution in [0.15, 0.2) is 60.9 Å². The van der Waals surface area contributed by atoms with Crippen LogP contribution in [0, 0.1) is 0 Å². The SMILES string of the molecule is CC(C)c1nccn1Cc1cccc(NC(=O)c2ccc(N(C)C)cc2)c1. The van der Waals surface area contributed by atoms with Crippen molar-refractivity contribution in [3.05, 3.63) is 77.9 Å². The molecular formula is C22H26N4O. The minimum atomic E-state index is -0.108. The Bertz CT molecular complexity index is 910. The summed E-state index contributed by atoms with van der Waals surface area (Å²) in [7, 11) is 3.96. The Morgan fingerprint density at radius 1 is 1.15 bits per heavy atom. The maximum absolute atomic E-state index is 12.5. The Morgan fingerprint density at radius 2 is 1.89 bits per heavy atom. The van der Waals surface area contributed by atoms with E-state index in [9.17, 15) is 4.79 Å². The zero-order valence-corrected chi connectivity index (χ0v) is 16.3. The monoisotopic (exact) mass is 362 g/mol. The molecule has 1 N–H and O–H groups in total. The number of nitrogens with one attached hydrogen (secondary N) is 1. The molecule has 27 heavy (non-hydrogen) atoms. The number of hydrogen-bond acceptors (Lipinski definition) is 3. The fraction of sp³-hybridized carbons (Fsp3) is 0.273. The van der Waals surface area contributed by atoms with Gasteiger partial charge in [0.05, 0.1) is 0 Å². The molecule has 2 aromatic carbocycles. The first-order valence-corrected chi connectivity index (χ1v) is 9.12. The predicted octanol–water partition coefficient (Wildman–Crippen LogP) is 4.37. The fourth-order valence-electron chi connectivity index (χ4n) is 3.01. The van der Waals surface area contributed by atoms with E-state index in [2.05, 4.69) is 34.8 Å². The fourth-order valence-corrected chi connectivity index (χ4v) is 3.01. The van der Waals surface area contributed by atoms with E-state index in [0.717, 1.165) is 29.3 Å². The first kappa shape index (κ1) is 18.7. The number of nitrogens with zero attached hydrogens (tertiary/aromatic N) is 3. The van der Waals surface area contributed by atoms with Crippen molar-refractivity contribution < 1.29 is 4.79 Å². The molecule has 0 aliphatic carbocycles. The van der Waals surface area contributed by atoms with Crippen LogP contribution in [0.3, 0.4) is 0 Å². The third-order valence-corrected chi connectivity index (χ3v) is 4.45. The Labute approximate surface area is 160 Å². The molecular weight excluding hydrogens is 336 g/mol. The van der Waals surface area contributed by atoms with Gasteiger partial charge in [-0.25, -0.2) is 4.98 Å². The number of benzene rings is 2. The highest BCUT2D eigenvalue weighted by molar-refractivity contribution is 6.04. The quantitative estimate of drug-likeness (QED) is 0.708. The summed E-state index contributed by atoms with van der Waals surface area (Å²) >= 11 is 0. The minimum Gasteiger partial charge on any atom is -0.378 e. The zero-order valence-electron chi connectivity index (χ0n) is 16.3. The van der Waals surface area contributed by atoms with Gasteiger partial charge in [0.15, 0.2) is 0 Å². The van der Waals surface area contributed by atoms with E-state index < -0.39 is 0 Å². The highest BCUT2D eigenvalue weighted by Gasteiger charge is 2.09. The van der Waals surface area contributed by atoms with Crippen molar-refractivity contribution in [1.29, 1.82) is 0 Å². The van der Waals surface area contributed by atoms with E-state index in [-0.39, 0.29) is 5.91 Å². The summed E-state index contributed by atoms with van der Waals surface area (Å²) in [6, 6.07) is 15.5. The van der Waals surface area contributed by atoms with Gasteiger partial charge in [0.2, 0.25) is 0 Å². The third kappa shape index (κ3) is 4.56. The van der Waals surface area contributed by atoms with E-state index in [1.54, 1.807) is 0 Å². The molecule has 0 bridgehead atoms. The number of amides is 1. The summed E-state index contributed by atoms with van der Waals surface area (Å²) in [6.45, 7) is 5.00. The van der Waals surface area contributed by atoms with E-state index in [0.29, 0.717) is 11.5 Å². The average Bonchev–Trinajstić information content (AvgIpc) is 3.10. The molecule has 0 saturated heterocycles. The van der Waals surface area contributed by atoms with Gasteiger partial charge in [0.1, 0.15) is 5.82 Å². The normalized spacial score (nSPS) is 10.9. The van der Waals surface area contributed by atoms with Crippen LogP contribution in [0.4, 0.5) is 11.4 Å². The molecule has 0 aliphatic heterocycles. The number of hydrogen-bond donors (Lipinski definition) is 1. The van der Waals surface area contributed by atoms with Gasteiger partial charge in [0, 0.05) is 55.9 Å². The summed E-state index contributed by atoms with van der Waals surface area (Å²) in [5.41, 5.74) is 3.62. The predicted molar refractivity (Wildman–Crippen MR) is 111 cm³/mol. The minimum absolute atomic E-state index is 0.108. The second-order valence-electron chi connectivity index (χ2n) is 7.16. The molecule has 0 fully saturated rings. The van der Waals surface area contributed by atoms with Gasteiger partial charge < -0.3 is 14.8 Å². The Balaban J connectivity index is 1.71. The van der Waals surface area contributed by atoms with Crippen LogP contribution in [-0.4, -0.2) is 29.6 Å². The molecule has 1 heterocycles. The third-order valence-electron chi connectivity index (χ3n) is 4.45. The lowest BCUT2D eigenvalue weighted by Crippen LogP contribution is -2.13. The summed E-state index contributed by atoms with van der Waals surface area (Å²) in [5.74, 6) is 1.32. The molecule has 3 aromatic rings. The topological polar surface area (TPSA) is 50.2 Å². The van der Waals surface area contributed by atoms with Crippen LogP contribution in [0.1, 0.15) is 41.5 Å². The number of carbonyl (C=O) groups excluding carboxylic acids is 1. The van der Waals surface area contributed by atoms with Crippen molar-refractivity contribution in [2.75, 3.05) is 24.3 Å². The molecule has 1 aromatic heterocycles. The van der Waals surface area contributed by atoms with Gasteiger partial charge in [-0.3, -0.25) is 4.79 Å². The van der Waals surface area contributed by atoms with Crippen molar-refractivity contribution in [3.8, 4) is 0 Å². The largest absolute Gasteiger partial charge is 0.378 e. The van der Waals surface area contributed by atoms with Crippen molar-refractivity contribution in [3.63, 3.8) is 0 Å². The Morgan fingerprint density at radius 3 is 2.56 bits per heavy atom. The highest BCUT2D eigenvalue weighted by Crippen LogP contribution is 2.18.